The molecule has 1 unspecified atom stereocenters. The third-order valence-corrected chi connectivity index (χ3v) is 7.78. The number of benzene rings is 1. The predicted octanol–water partition coefficient (Wildman–Crippen LogP) is 3.97. The number of sulfonamides is 1. The summed E-state index contributed by atoms with van der Waals surface area (Å²) in [6.07, 6.45) is 5.78. The topological polar surface area (TPSA) is 66.5 Å². The maximum atomic E-state index is 13.0. The second-order valence-corrected chi connectivity index (χ2v) is 10.7. The summed E-state index contributed by atoms with van der Waals surface area (Å²) in [6.45, 7) is 3.01. The minimum Gasteiger partial charge on any atom is -0.344 e. The van der Waals surface area contributed by atoms with Crippen molar-refractivity contribution in [3.8, 4) is 0 Å². The summed E-state index contributed by atoms with van der Waals surface area (Å²) in [5.74, 6) is -0.147. The lowest BCUT2D eigenvalue weighted by molar-refractivity contribution is -0.126. The van der Waals surface area contributed by atoms with E-state index in [1.165, 1.54) is 29.0 Å². The summed E-state index contributed by atoms with van der Waals surface area (Å²) in [5.41, 5.74) is 2.40. The maximum Gasteiger partial charge on any atom is 0.223 e. The van der Waals surface area contributed by atoms with Gasteiger partial charge in [0.25, 0.3) is 0 Å². The summed E-state index contributed by atoms with van der Waals surface area (Å²) in [7, 11) is -3.18. The van der Waals surface area contributed by atoms with Gasteiger partial charge in [0.2, 0.25) is 15.9 Å². The third kappa shape index (κ3) is 5.90. The van der Waals surface area contributed by atoms with Gasteiger partial charge in [-0.2, -0.15) is 0 Å². The molecule has 2 aromatic rings. The van der Waals surface area contributed by atoms with Gasteiger partial charge in [0, 0.05) is 23.9 Å². The summed E-state index contributed by atoms with van der Waals surface area (Å²) in [5, 5.41) is 5.25. The molecular weight excluding hydrogens is 404 g/mol. The molecule has 5 nitrogen and oxygen atoms in total. The summed E-state index contributed by atoms with van der Waals surface area (Å²) >= 11 is 1.63. The van der Waals surface area contributed by atoms with Crippen LogP contribution in [0.25, 0.3) is 0 Å². The van der Waals surface area contributed by atoms with Crippen LogP contribution in [-0.4, -0.2) is 38.0 Å². The lowest BCUT2D eigenvalue weighted by atomic mass is 9.95. The Labute approximate surface area is 178 Å². The predicted molar refractivity (Wildman–Crippen MR) is 118 cm³/mol. The van der Waals surface area contributed by atoms with Crippen molar-refractivity contribution in [2.45, 2.75) is 45.1 Å². The number of carbonyl (C=O) groups is 1. The van der Waals surface area contributed by atoms with Crippen LogP contribution in [0.2, 0.25) is 0 Å². The van der Waals surface area contributed by atoms with Crippen molar-refractivity contribution in [1.82, 2.24) is 9.62 Å². The summed E-state index contributed by atoms with van der Waals surface area (Å²) in [4.78, 5) is 14.1. The average molecular weight is 435 g/mol. The van der Waals surface area contributed by atoms with Gasteiger partial charge in [-0.1, -0.05) is 43.7 Å². The van der Waals surface area contributed by atoms with Crippen molar-refractivity contribution in [3.63, 3.8) is 0 Å². The molecule has 1 amide bonds. The molecule has 0 aliphatic carbocycles. The van der Waals surface area contributed by atoms with E-state index in [1.54, 1.807) is 11.3 Å². The number of unbranched alkanes of at least 4 members (excludes halogenated alkanes) is 1. The number of nitrogens with zero attached hydrogens (tertiary/aromatic N) is 1. The van der Waals surface area contributed by atoms with Crippen LogP contribution in [0.4, 0.5) is 0 Å². The quantitative estimate of drug-likeness (QED) is 0.684. The van der Waals surface area contributed by atoms with E-state index in [0.29, 0.717) is 25.9 Å². The van der Waals surface area contributed by atoms with Gasteiger partial charge in [-0.3, -0.25) is 4.79 Å². The van der Waals surface area contributed by atoms with Gasteiger partial charge in [0.05, 0.1) is 12.3 Å². The molecule has 0 bridgehead atoms. The molecule has 7 heteroatoms. The number of nitrogens with one attached hydrogen (secondary N) is 1. The van der Waals surface area contributed by atoms with Crippen LogP contribution in [0, 0.1) is 5.92 Å². The monoisotopic (exact) mass is 434 g/mol. The molecule has 1 aliphatic heterocycles. The van der Waals surface area contributed by atoms with Crippen molar-refractivity contribution in [2.24, 2.45) is 5.92 Å². The van der Waals surface area contributed by atoms with Crippen LogP contribution in [0.1, 0.15) is 54.7 Å². The van der Waals surface area contributed by atoms with E-state index in [2.05, 4.69) is 36.5 Å². The lowest BCUT2D eigenvalue weighted by Crippen LogP contribution is -2.43. The molecule has 1 atom stereocenters. The Morgan fingerprint density at radius 1 is 1.21 bits per heavy atom. The highest BCUT2D eigenvalue weighted by Gasteiger charge is 2.30. The molecule has 1 aliphatic rings. The van der Waals surface area contributed by atoms with Crippen LogP contribution in [-0.2, 0) is 21.2 Å². The lowest BCUT2D eigenvalue weighted by Gasteiger charge is -2.30. The number of amides is 1. The molecule has 29 heavy (non-hydrogen) atoms. The van der Waals surface area contributed by atoms with Gasteiger partial charge in [-0.15, -0.1) is 11.3 Å². The third-order valence-electron chi connectivity index (χ3n) is 5.54. The highest BCUT2D eigenvalue weighted by molar-refractivity contribution is 7.88. The number of hydrogen-bond acceptors (Lipinski definition) is 4. The highest BCUT2D eigenvalue weighted by Crippen LogP contribution is 2.28. The average Bonchev–Trinajstić information content (AvgIpc) is 3.25. The molecule has 0 radical (unpaired) electrons. The second-order valence-electron chi connectivity index (χ2n) is 7.74. The number of carbonyl (C=O) groups excluding carboxylic acids is 1. The Morgan fingerprint density at radius 2 is 1.90 bits per heavy atom. The zero-order chi connectivity index (χ0) is 20.9. The van der Waals surface area contributed by atoms with Gasteiger partial charge in [0.15, 0.2) is 0 Å². The largest absolute Gasteiger partial charge is 0.344 e. The molecule has 1 aromatic heterocycles. The van der Waals surface area contributed by atoms with Crippen molar-refractivity contribution < 1.29 is 13.2 Å². The summed E-state index contributed by atoms with van der Waals surface area (Å²) in [6, 6.07) is 12.4. The molecule has 158 valence electrons. The van der Waals surface area contributed by atoms with E-state index in [1.807, 2.05) is 17.5 Å². The molecule has 1 fully saturated rings. The normalized spacial score (nSPS) is 17.2. The number of thiophene rings is 1. The van der Waals surface area contributed by atoms with Crippen molar-refractivity contribution in [2.75, 3.05) is 19.3 Å². The second kappa shape index (κ2) is 9.87. The van der Waals surface area contributed by atoms with Crippen LogP contribution < -0.4 is 5.32 Å². The zero-order valence-corrected chi connectivity index (χ0v) is 18.8. The molecule has 2 heterocycles. The molecule has 0 spiro atoms. The molecule has 3 rings (SSSR count). The summed E-state index contributed by atoms with van der Waals surface area (Å²) < 4.78 is 24.9. The Morgan fingerprint density at radius 3 is 2.45 bits per heavy atom. The zero-order valence-electron chi connectivity index (χ0n) is 17.1. The van der Waals surface area contributed by atoms with Crippen LogP contribution in [0.3, 0.4) is 0 Å². The fraction of sp³-hybridized carbons (Fsp3) is 0.500. The van der Waals surface area contributed by atoms with Crippen molar-refractivity contribution in [1.29, 1.82) is 0 Å². The van der Waals surface area contributed by atoms with E-state index >= 15 is 0 Å². The van der Waals surface area contributed by atoms with Gasteiger partial charge < -0.3 is 5.32 Å². The SMILES string of the molecule is CCCCc1ccc(C(NC(=O)C2CCN(S(C)(=O)=O)CC2)c2cccs2)cc1. The van der Waals surface area contributed by atoms with Gasteiger partial charge in [-0.25, -0.2) is 12.7 Å². The number of hydrogen-bond donors (Lipinski definition) is 1. The fourth-order valence-electron chi connectivity index (χ4n) is 3.74. The van der Waals surface area contributed by atoms with E-state index in [-0.39, 0.29) is 17.9 Å². The van der Waals surface area contributed by atoms with Crippen LogP contribution >= 0.6 is 11.3 Å². The highest BCUT2D eigenvalue weighted by atomic mass is 32.2. The van der Waals surface area contributed by atoms with E-state index in [0.717, 1.165) is 16.9 Å². The van der Waals surface area contributed by atoms with Crippen molar-refractivity contribution in [3.05, 3.63) is 57.8 Å². The fourth-order valence-corrected chi connectivity index (χ4v) is 5.42. The molecule has 1 saturated heterocycles. The maximum absolute atomic E-state index is 13.0. The van der Waals surface area contributed by atoms with Gasteiger partial charge in [-0.05, 0) is 48.3 Å². The Hall–Kier alpha value is -1.70. The van der Waals surface area contributed by atoms with Gasteiger partial charge >= 0.3 is 0 Å². The minimum atomic E-state index is -3.18. The van der Waals surface area contributed by atoms with Crippen molar-refractivity contribution >= 4 is 27.3 Å². The molecule has 1 aromatic carbocycles. The van der Waals surface area contributed by atoms with E-state index < -0.39 is 10.0 Å². The first-order valence-corrected chi connectivity index (χ1v) is 13.0. The number of piperidine rings is 1. The Kier molecular flexibility index (Phi) is 7.49. The van der Waals surface area contributed by atoms with E-state index in [4.69, 9.17) is 0 Å². The van der Waals surface area contributed by atoms with Crippen LogP contribution in [0.15, 0.2) is 41.8 Å². The molecular formula is C22H30N2O3S2. The molecule has 0 saturated carbocycles. The first kappa shape index (κ1) is 22.0. The standard InChI is InChI=1S/C22H30N2O3S2/c1-3-4-6-17-8-10-18(11-9-17)21(20-7-5-16-28-20)23-22(25)19-12-14-24(15-13-19)29(2,26)27/h5,7-11,16,19,21H,3-4,6,12-15H2,1-2H3,(H,23,25). The first-order valence-electron chi connectivity index (χ1n) is 10.3. The minimum absolute atomic E-state index is 0.00612. The Balaban J connectivity index is 1.69. The first-order chi connectivity index (χ1) is 13.9. The molecule has 1 N–H and O–H groups in total. The van der Waals surface area contributed by atoms with E-state index in [9.17, 15) is 13.2 Å². The smallest absolute Gasteiger partial charge is 0.223 e. The van der Waals surface area contributed by atoms with Gasteiger partial charge in [0.1, 0.15) is 0 Å². The van der Waals surface area contributed by atoms with Crippen LogP contribution in [0.5, 0.6) is 0 Å². The number of rotatable bonds is 8. The number of aryl methyl sites for hydroxylation is 1. The Bertz CT molecular complexity index is 885.